The fourth-order valence-corrected chi connectivity index (χ4v) is 11.5. The molecule has 0 unspecified atom stereocenters. The molecule has 71 heavy (non-hydrogen) atoms. The van der Waals surface area contributed by atoms with E-state index >= 15 is 0 Å². The van der Waals surface area contributed by atoms with Crippen molar-refractivity contribution in [3.05, 3.63) is 230 Å². The van der Waals surface area contributed by atoms with Gasteiger partial charge in [0.15, 0.2) is 0 Å². The molecule has 1 heterocycles. The number of nitriles is 2. The number of aromatic nitrogens is 2. The highest BCUT2D eigenvalue weighted by Gasteiger charge is 2.21. The first-order chi connectivity index (χ1) is 34.3. The number of rotatable bonds is 12. The summed E-state index contributed by atoms with van der Waals surface area (Å²) in [4.78, 5) is 9.68. The van der Waals surface area contributed by atoms with Crippen LogP contribution in [0.5, 0.6) is 0 Å². The first kappa shape index (κ1) is 46.2. The fourth-order valence-electron chi connectivity index (χ4n) is 9.19. The number of fused-ring (bicyclic) bond motifs is 1. The smallest absolute Gasteiger partial charge is 0.145 e. The molecule has 0 aliphatic heterocycles. The zero-order valence-corrected chi connectivity index (χ0v) is 43.0. The quantitative estimate of drug-likeness (QED) is 0.114. The van der Waals surface area contributed by atoms with Crippen LogP contribution < -0.4 is 20.2 Å². The van der Waals surface area contributed by atoms with Crippen LogP contribution in [0, 0.1) is 22.7 Å². The second-order valence-corrected chi connectivity index (χ2v) is 30.2. The third-order valence-corrected chi connectivity index (χ3v) is 17.4. The van der Waals surface area contributed by atoms with Gasteiger partial charge in [-0.3, -0.25) is 4.57 Å². The largest absolute Gasteiger partial charge is 0.311 e. The lowest BCUT2D eigenvalue weighted by Gasteiger charge is -2.27. The first-order valence-electron chi connectivity index (χ1n) is 24.1. The summed E-state index contributed by atoms with van der Waals surface area (Å²) in [5.74, 6) is 0.879. The van der Waals surface area contributed by atoms with Gasteiger partial charge < -0.3 is 9.80 Å². The number of hydrogen-bond donors (Lipinski definition) is 0. The number of benzene rings is 9. The highest BCUT2D eigenvalue weighted by atomic mass is 28.3. The molecule has 344 valence electrons. The molecule has 0 bridgehead atoms. The molecule has 0 amide bonds. The van der Waals surface area contributed by atoms with Crippen molar-refractivity contribution in [2.75, 3.05) is 9.80 Å². The Labute approximate surface area is 419 Å². The molecule has 0 aliphatic rings. The van der Waals surface area contributed by atoms with Crippen LogP contribution in [0.3, 0.4) is 0 Å². The highest BCUT2D eigenvalue weighted by molar-refractivity contribution is 6.89. The van der Waals surface area contributed by atoms with Gasteiger partial charge in [0, 0.05) is 45.4 Å². The third-order valence-electron chi connectivity index (χ3n) is 13.2. The summed E-state index contributed by atoms with van der Waals surface area (Å²) >= 11 is 0. The predicted molar refractivity (Wildman–Crippen MR) is 302 cm³/mol. The van der Waals surface area contributed by atoms with E-state index in [2.05, 4.69) is 230 Å². The Hall–Kier alpha value is -8.54. The molecular formula is C63H54N6Si2. The van der Waals surface area contributed by atoms with E-state index in [1.165, 1.54) is 10.4 Å². The van der Waals surface area contributed by atoms with Crippen molar-refractivity contribution in [2.45, 2.75) is 39.3 Å². The molecule has 0 saturated heterocycles. The number of nitrogens with zero attached hydrogens (tertiary/aromatic N) is 6. The van der Waals surface area contributed by atoms with Gasteiger partial charge in [-0.25, -0.2) is 4.98 Å². The van der Waals surface area contributed by atoms with Crippen molar-refractivity contribution < 1.29 is 0 Å². The normalized spacial score (nSPS) is 11.5. The fraction of sp³-hybridized carbons (Fsp3) is 0.0952. The van der Waals surface area contributed by atoms with Crippen LogP contribution in [-0.4, -0.2) is 25.7 Å². The number of hydrogen-bond acceptors (Lipinski definition) is 5. The van der Waals surface area contributed by atoms with E-state index < -0.39 is 16.1 Å². The molecule has 0 fully saturated rings. The van der Waals surface area contributed by atoms with E-state index in [-0.39, 0.29) is 0 Å². The highest BCUT2D eigenvalue weighted by Crippen LogP contribution is 2.39. The van der Waals surface area contributed by atoms with Gasteiger partial charge in [-0.1, -0.05) is 147 Å². The van der Waals surface area contributed by atoms with Crippen molar-refractivity contribution in [3.63, 3.8) is 0 Å². The molecule has 0 N–H and O–H groups in total. The lowest BCUT2D eigenvalue weighted by molar-refractivity contribution is 1.10. The molecule has 0 atom stereocenters. The van der Waals surface area contributed by atoms with E-state index in [0.29, 0.717) is 11.1 Å². The molecule has 0 radical (unpaired) electrons. The minimum absolute atomic E-state index is 0.637. The second-order valence-electron chi connectivity index (χ2n) is 20.1. The van der Waals surface area contributed by atoms with E-state index in [4.69, 9.17) is 4.98 Å². The lowest BCUT2D eigenvalue weighted by atomic mass is 10.0. The van der Waals surface area contributed by atoms with Gasteiger partial charge in [-0.2, -0.15) is 10.5 Å². The van der Waals surface area contributed by atoms with Gasteiger partial charge in [0.2, 0.25) is 0 Å². The summed E-state index contributed by atoms with van der Waals surface area (Å²) in [5, 5.41) is 21.8. The molecule has 1 aromatic heterocycles. The molecule has 0 saturated carbocycles. The minimum atomic E-state index is -1.47. The first-order valence-corrected chi connectivity index (χ1v) is 31.1. The Kier molecular flexibility index (Phi) is 12.4. The molecule has 10 rings (SSSR count). The van der Waals surface area contributed by atoms with E-state index in [1.54, 1.807) is 0 Å². The van der Waals surface area contributed by atoms with Gasteiger partial charge in [-0.05, 0) is 144 Å². The maximum atomic E-state index is 9.50. The Morgan fingerprint density at radius 2 is 0.676 bits per heavy atom. The lowest BCUT2D eigenvalue weighted by Crippen LogP contribution is -2.37. The van der Waals surface area contributed by atoms with Crippen LogP contribution in [0.15, 0.2) is 218 Å². The summed E-state index contributed by atoms with van der Waals surface area (Å²) < 4.78 is 2.25. The molecule has 6 nitrogen and oxygen atoms in total. The monoisotopic (exact) mass is 950 g/mol. The maximum absolute atomic E-state index is 9.50. The van der Waals surface area contributed by atoms with Gasteiger partial charge in [-0.15, -0.1) is 0 Å². The third kappa shape index (κ3) is 9.60. The average Bonchev–Trinajstić information content (AvgIpc) is 3.79. The van der Waals surface area contributed by atoms with Crippen molar-refractivity contribution in [1.29, 1.82) is 10.5 Å². The zero-order chi connectivity index (χ0) is 49.3. The Morgan fingerprint density at radius 3 is 1.04 bits per heavy atom. The van der Waals surface area contributed by atoms with Crippen LogP contribution >= 0.6 is 0 Å². The van der Waals surface area contributed by atoms with Crippen molar-refractivity contribution >= 4 is 71.7 Å². The number of para-hydroxylation sites is 2. The van der Waals surface area contributed by atoms with E-state index in [1.807, 2.05) is 54.6 Å². The molecule has 0 spiro atoms. The standard InChI is InChI=1S/C63H54N6Si2/c1-70(2,3)59-39-35-56(36-40-59)67(52-25-11-45(43-64)12-26-52)54-29-19-48(20-30-54)47-15-17-51(18-16-47)63-66-61-9-7-8-10-62(61)69(63)58-33-23-50(24-34-58)49-21-31-55(32-22-49)68(53-27-13-46(44-65)14-28-53)57-37-41-60(42-38-57)71(4,5)6/h7-42H,1-6H3. The summed E-state index contributed by atoms with van der Waals surface area (Å²) in [6.45, 7) is 14.2. The molecule has 10 aromatic rings. The minimum Gasteiger partial charge on any atom is -0.311 e. The Bertz CT molecular complexity index is 3560. The van der Waals surface area contributed by atoms with E-state index in [0.717, 1.165) is 84.5 Å². The van der Waals surface area contributed by atoms with E-state index in [9.17, 15) is 10.5 Å². The van der Waals surface area contributed by atoms with Crippen molar-refractivity contribution in [3.8, 4) is 51.5 Å². The van der Waals surface area contributed by atoms with Gasteiger partial charge >= 0.3 is 0 Å². The summed E-state index contributed by atoms with van der Waals surface area (Å²) in [6.07, 6.45) is 0. The maximum Gasteiger partial charge on any atom is 0.145 e. The number of anilines is 6. The zero-order valence-electron chi connectivity index (χ0n) is 41.0. The Morgan fingerprint density at radius 1 is 0.366 bits per heavy atom. The van der Waals surface area contributed by atoms with Crippen LogP contribution in [0.25, 0.3) is 50.4 Å². The van der Waals surface area contributed by atoms with Crippen molar-refractivity contribution in [1.82, 2.24) is 9.55 Å². The molecule has 9 aromatic carbocycles. The van der Waals surface area contributed by atoms with Crippen LogP contribution in [-0.2, 0) is 0 Å². The SMILES string of the molecule is C[Si](C)(C)c1ccc(N(c2ccc(C#N)cc2)c2ccc(-c3ccc(-c4nc5ccccc5n4-c4ccc(-c5ccc(N(c6ccc(C#N)cc6)c6ccc([Si](C)(C)C)cc6)cc5)cc4)cc3)cc2)cc1. The topological polar surface area (TPSA) is 71.9 Å². The second kappa shape index (κ2) is 19.1. The van der Waals surface area contributed by atoms with Crippen LogP contribution in [0.2, 0.25) is 39.3 Å². The summed E-state index contributed by atoms with van der Waals surface area (Å²) in [7, 11) is -2.94. The summed E-state index contributed by atoms with van der Waals surface area (Å²) in [6, 6.07) is 81.2. The van der Waals surface area contributed by atoms with Gasteiger partial charge in [0.1, 0.15) is 5.82 Å². The molecule has 0 aliphatic carbocycles. The Balaban J connectivity index is 0.916. The van der Waals surface area contributed by atoms with Crippen LogP contribution in [0.4, 0.5) is 34.1 Å². The van der Waals surface area contributed by atoms with Crippen molar-refractivity contribution in [2.24, 2.45) is 0 Å². The predicted octanol–water partition coefficient (Wildman–Crippen LogP) is 15.8. The van der Waals surface area contributed by atoms with Gasteiger partial charge in [0.25, 0.3) is 0 Å². The number of imidazole rings is 1. The molecular weight excluding hydrogens is 897 g/mol. The average molecular weight is 951 g/mol. The van der Waals surface area contributed by atoms with Gasteiger partial charge in [0.05, 0.1) is 50.4 Å². The van der Waals surface area contributed by atoms with Crippen LogP contribution in [0.1, 0.15) is 11.1 Å². The summed E-state index contributed by atoms with van der Waals surface area (Å²) in [5.41, 5.74) is 16.0. The molecule has 8 heteroatoms.